The Balaban J connectivity index is 1.68. The maximum atomic E-state index is 12.4. The van der Waals surface area contributed by atoms with E-state index in [9.17, 15) is 4.79 Å². The topological polar surface area (TPSA) is 54.9 Å². The number of aromatic nitrogens is 2. The fourth-order valence-corrected chi connectivity index (χ4v) is 3.66. The molecule has 4 nitrogen and oxygen atoms in total. The molecule has 0 spiro atoms. The minimum absolute atomic E-state index is 0.0296. The van der Waals surface area contributed by atoms with Crippen LogP contribution in [-0.4, -0.2) is 15.9 Å². The summed E-state index contributed by atoms with van der Waals surface area (Å²) < 4.78 is 0. The van der Waals surface area contributed by atoms with Crippen molar-refractivity contribution in [1.29, 1.82) is 0 Å². The molecule has 26 heavy (non-hydrogen) atoms. The SMILES string of the molecule is Cc1nc(-c2cccnc2)sc1CC(=O)Nc1ccc(C(C)(C)C)cc1. The third-order valence-electron chi connectivity index (χ3n) is 4.16. The third kappa shape index (κ3) is 4.35. The van der Waals surface area contributed by atoms with Crippen molar-refractivity contribution in [2.75, 3.05) is 5.32 Å². The van der Waals surface area contributed by atoms with Gasteiger partial charge in [-0.15, -0.1) is 11.3 Å². The summed E-state index contributed by atoms with van der Waals surface area (Å²) in [6.45, 7) is 8.46. The van der Waals surface area contributed by atoms with Crippen molar-refractivity contribution in [2.24, 2.45) is 0 Å². The lowest BCUT2D eigenvalue weighted by atomic mass is 9.87. The average Bonchev–Trinajstić information content (AvgIpc) is 2.96. The Morgan fingerprint density at radius 3 is 2.50 bits per heavy atom. The number of carbonyl (C=O) groups excluding carboxylic acids is 1. The van der Waals surface area contributed by atoms with Gasteiger partial charge in [0, 0.05) is 28.5 Å². The summed E-state index contributed by atoms with van der Waals surface area (Å²) in [5, 5.41) is 3.87. The van der Waals surface area contributed by atoms with Gasteiger partial charge in [-0.1, -0.05) is 32.9 Å². The monoisotopic (exact) mass is 365 g/mol. The van der Waals surface area contributed by atoms with Crippen LogP contribution < -0.4 is 5.32 Å². The molecule has 1 aromatic carbocycles. The van der Waals surface area contributed by atoms with Crippen LogP contribution in [-0.2, 0) is 16.6 Å². The van der Waals surface area contributed by atoms with Crippen molar-refractivity contribution >= 4 is 22.9 Å². The molecule has 0 aliphatic carbocycles. The highest BCUT2D eigenvalue weighted by Crippen LogP contribution is 2.28. The van der Waals surface area contributed by atoms with Crippen LogP contribution in [0.4, 0.5) is 5.69 Å². The molecule has 0 aliphatic rings. The first kappa shape index (κ1) is 18.3. The van der Waals surface area contributed by atoms with E-state index in [1.54, 1.807) is 23.7 Å². The van der Waals surface area contributed by atoms with E-state index in [0.29, 0.717) is 6.42 Å². The minimum atomic E-state index is -0.0296. The molecule has 1 N–H and O–H groups in total. The number of carbonyl (C=O) groups is 1. The van der Waals surface area contributed by atoms with Crippen molar-refractivity contribution in [3.63, 3.8) is 0 Å². The lowest BCUT2D eigenvalue weighted by Crippen LogP contribution is -2.15. The van der Waals surface area contributed by atoms with Gasteiger partial charge in [0.05, 0.1) is 12.1 Å². The van der Waals surface area contributed by atoms with Crippen LogP contribution in [0, 0.1) is 6.92 Å². The highest BCUT2D eigenvalue weighted by Gasteiger charge is 2.15. The van der Waals surface area contributed by atoms with Gasteiger partial charge >= 0.3 is 0 Å². The molecule has 0 unspecified atom stereocenters. The van der Waals surface area contributed by atoms with Crippen LogP contribution in [0.3, 0.4) is 0 Å². The van der Waals surface area contributed by atoms with E-state index in [2.05, 4.69) is 48.2 Å². The standard InChI is InChI=1S/C21H23N3OS/c1-14-18(26-20(23-14)15-6-5-11-22-13-15)12-19(25)24-17-9-7-16(8-10-17)21(2,3)4/h5-11,13H,12H2,1-4H3,(H,24,25). The molecule has 0 fully saturated rings. The van der Waals surface area contributed by atoms with Gasteiger partial charge in [-0.2, -0.15) is 0 Å². The predicted molar refractivity (Wildman–Crippen MR) is 108 cm³/mol. The summed E-state index contributed by atoms with van der Waals surface area (Å²) in [4.78, 5) is 22.1. The molecule has 1 amide bonds. The van der Waals surface area contributed by atoms with Gasteiger partial charge in [0.15, 0.2) is 0 Å². The molecule has 0 radical (unpaired) electrons. The second-order valence-electron chi connectivity index (χ2n) is 7.32. The Hall–Kier alpha value is -2.53. The number of amides is 1. The number of thiazole rings is 1. The summed E-state index contributed by atoms with van der Waals surface area (Å²) in [6.07, 6.45) is 3.85. The molecule has 134 valence electrons. The number of benzene rings is 1. The first-order valence-corrected chi connectivity index (χ1v) is 9.41. The fourth-order valence-electron chi connectivity index (χ4n) is 2.61. The van der Waals surface area contributed by atoms with Crippen LogP contribution in [0.25, 0.3) is 10.6 Å². The third-order valence-corrected chi connectivity index (χ3v) is 5.36. The van der Waals surface area contributed by atoms with Crippen molar-refractivity contribution < 1.29 is 4.79 Å². The van der Waals surface area contributed by atoms with Gasteiger partial charge in [0.1, 0.15) is 5.01 Å². The number of aryl methyl sites for hydroxylation is 1. The zero-order chi connectivity index (χ0) is 18.7. The van der Waals surface area contributed by atoms with E-state index < -0.39 is 0 Å². The largest absolute Gasteiger partial charge is 0.326 e. The molecule has 0 aliphatic heterocycles. The normalized spacial score (nSPS) is 11.4. The quantitative estimate of drug-likeness (QED) is 0.708. The predicted octanol–water partition coefficient (Wildman–Crippen LogP) is 4.99. The minimum Gasteiger partial charge on any atom is -0.326 e. The van der Waals surface area contributed by atoms with Gasteiger partial charge < -0.3 is 5.32 Å². The zero-order valence-electron chi connectivity index (χ0n) is 15.5. The van der Waals surface area contributed by atoms with E-state index >= 15 is 0 Å². The van der Waals surface area contributed by atoms with E-state index in [0.717, 1.165) is 26.8 Å². The number of hydrogen-bond acceptors (Lipinski definition) is 4. The number of rotatable bonds is 4. The Kier molecular flexibility index (Phi) is 5.18. The molecule has 5 heteroatoms. The summed E-state index contributed by atoms with van der Waals surface area (Å²) in [7, 11) is 0. The molecule has 2 aromatic heterocycles. The van der Waals surface area contributed by atoms with Crippen molar-refractivity contribution in [2.45, 2.75) is 39.5 Å². The summed E-state index contributed by atoms with van der Waals surface area (Å²) in [6, 6.07) is 11.9. The smallest absolute Gasteiger partial charge is 0.229 e. The van der Waals surface area contributed by atoms with Gasteiger partial charge in [0.25, 0.3) is 0 Å². The van der Waals surface area contributed by atoms with Gasteiger partial charge in [0.2, 0.25) is 5.91 Å². The van der Waals surface area contributed by atoms with E-state index in [1.165, 1.54) is 5.56 Å². The van der Waals surface area contributed by atoms with E-state index in [1.807, 2.05) is 31.2 Å². The summed E-state index contributed by atoms with van der Waals surface area (Å²) in [5.41, 5.74) is 4.04. The first-order chi connectivity index (χ1) is 12.3. The number of nitrogens with one attached hydrogen (secondary N) is 1. The number of anilines is 1. The zero-order valence-corrected chi connectivity index (χ0v) is 16.4. The molecule has 0 bridgehead atoms. The van der Waals surface area contributed by atoms with Gasteiger partial charge in [-0.25, -0.2) is 4.98 Å². The molecular formula is C21H23N3OS. The number of pyridine rings is 1. The van der Waals surface area contributed by atoms with Crippen molar-refractivity contribution in [1.82, 2.24) is 9.97 Å². The van der Waals surface area contributed by atoms with Gasteiger partial charge in [-0.3, -0.25) is 9.78 Å². The molecular weight excluding hydrogens is 342 g/mol. The Bertz CT molecular complexity index is 893. The average molecular weight is 366 g/mol. The summed E-state index contributed by atoms with van der Waals surface area (Å²) in [5.74, 6) is -0.0296. The van der Waals surface area contributed by atoms with Crippen molar-refractivity contribution in [3.8, 4) is 10.6 Å². The molecule has 0 atom stereocenters. The second kappa shape index (κ2) is 7.38. The van der Waals surface area contributed by atoms with Crippen molar-refractivity contribution in [3.05, 3.63) is 64.9 Å². The molecule has 3 rings (SSSR count). The molecule has 0 saturated heterocycles. The molecule has 0 saturated carbocycles. The second-order valence-corrected chi connectivity index (χ2v) is 8.41. The van der Waals surface area contributed by atoms with Gasteiger partial charge in [-0.05, 0) is 42.2 Å². The fraction of sp³-hybridized carbons (Fsp3) is 0.286. The Morgan fingerprint density at radius 2 is 1.88 bits per heavy atom. The molecule has 3 aromatic rings. The van der Waals surface area contributed by atoms with E-state index in [4.69, 9.17) is 0 Å². The van der Waals surface area contributed by atoms with E-state index in [-0.39, 0.29) is 11.3 Å². The molecule has 2 heterocycles. The number of nitrogens with zero attached hydrogens (tertiary/aromatic N) is 2. The maximum absolute atomic E-state index is 12.4. The number of hydrogen-bond donors (Lipinski definition) is 1. The summed E-state index contributed by atoms with van der Waals surface area (Å²) >= 11 is 1.55. The van der Waals surface area contributed by atoms with Crippen LogP contribution in [0.2, 0.25) is 0 Å². The maximum Gasteiger partial charge on any atom is 0.229 e. The van der Waals surface area contributed by atoms with Crippen LogP contribution in [0.1, 0.15) is 36.9 Å². The lowest BCUT2D eigenvalue weighted by molar-refractivity contribution is -0.115. The lowest BCUT2D eigenvalue weighted by Gasteiger charge is -2.19. The first-order valence-electron chi connectivity index (χ1n) is 8.60. The highest BCUT2D eigenvalue weighted by atomic mass is 32.1. The highest BCUT2D eigenvalue weighted by molar-refractivity contribution is 7.15. The Labute approximate surface area is 158 Å². The van der Waals surface area contributed by atoms with Crippen LogP contribution >= 0.6 is 11.3 Å². The Morgan fingerprint density at radius 1 is 1.15 bits per heavy atom. The van der Waals surface area contributed by atoms with Crippen LogP contribution in [0.5, 0.6) is 0 Å². The van der Waals surface area contributed by atoms with Crippen LogP contribution in [0.15, 0.2) is 48.8 Å².